The molecular formula is C12H24N2O. The van der Waals surface area contributed by atoms with Crippen molar-refractivity contribution in [2.45, 2.75) is 40.2 Å². The van der Waals surface area contributed by atoms with Gasteiger partial charge in [0.25, 0.3) is 0 Å². The van der Waals surface area contributed by atoms with Crippen molar-refractivity contribution < 1.29 is 4.79 Å². The van der Waals surface area contributed by atoms with Gasteiger partial charge in [0.05, 0.1) is 6.04 Å². The minimum absolute atomic E-state index is 0.117. The molecule has 0 aliphatic rings. The molecular weight excluding hydrogens is 188 g/mol. The van der Waals surface area contributed by atoms with Gasteiger partial charge >= 0.3 is 0 Å². The summed E-state index contributed by atoms with van der Waals surface area (Å²) in [5.41, 5.74) is 1.13. The second-order valence-electron chi connectivity index (χ2n) is 3.72. The van der Waals surface area contributed by atoms with Gasteiger partial charge in [-0.1, -0.05) is 19.1 Å². The zero-order chi connectivity index (χ0) is 11.8. The molecule has 1 atom stereocenters. The van der Waals surface area contributed by atoms with E-state index in [-0.39, 0.29) is 11.9 Å². The van der Waals surface area contributed by atoms with Crippen molar-refractivity contribution in [1.29, 1.82) is 0 Å². The topological polar surface area (TPSA) is 32.3 Å². The molecule has 3 heteroatoms. The highest BCUT2D eigenvalue weighted by molar-refractivity contribution is 5.81. The van der Waals surface area contributed by atoms with Gasteiger partial charge in [-0.15, -0.1) is 0 Å². The molecule has 1 unspecified atom stereocenters. The lowest BCUT2D eigenvalue weighted by Gasteiger charge is -2.23. The minimum atomic E-state index is -0.117. The number of nitrogens with zero attached hydrogens (tertiary/aromatic N) is 1. The Morgan fingerprint density at radius 2 is 1.87 bits per heavy atom. The van der Waals surface area contributed by atoms with Crippen molar-refractivity contribution in [2.24, 2.45) is 0 Å². The molecule has 0 aromatic carbocycles. The van der Waals surface area contributed by atoms with Crippen molar-refractivity contribution in [1.82, 2.24) is 10.2 Å². The Labute approximate surface area is 93.5 Å². The molecule has 0 saturated carbocycles. The molecule has 0 aliphatic heterocycles. The Hall–Kier alpha value is -0.830. The van der Waals surface area contributed by atoms with Crippen molar-refractivity contribution >= 4 is 5.91 Å². The van der Waals surface area contributed by atoms with E-state index in [1.165, 1.54) is 0 Å². The molecule has 88 valence electrons. The molecule has 0 bridgehead atoms. The summed E-state index contributed by atoms with van der Waals surface area (Å²) in [6.45, 7) is 14.2. The van der Waals surface area contributed by atoms with E-state index in [1.807, 2.05) is 25.7 Å². The van der Waals surface area contributed by atoms with E-state index >= 15 is 0 Å². The van der Waals surface area contributed by atoms with Gasteiger partial charge in [-0.25, -0.2) is 0 Å². The fraction of sp³-hybridized carbons (Fsp3) is 0.750. The lowest BCUT2D eigenvalue weighted by molar-refractivity contribution is -0.132. The van der Waals surface area contributed by atoms with Crippen LogP contribution in [0.2, 0.25) is 0 Å². The van der Waals surface area contributed by atoms with Crippen LogP contribution in [-0.4, -0.2) is 36.5 Å². The van der Waals surface area contributed by atoms with Crippen LogP contribution in [0.1, 0.15) is 34.1 Å². The van der Waals surface area contributed by atoms with Crippen LogP contribution in [0.3, 0.4) is 0 Å². The van der Waals surface area contributed by atoms with E-state index in [0.717, 1.165) is 31.6 Å². The highest BCUT2D eigenvalue weighted by atomic mass is 16.2. The molecule has 0 fully saturated rings. The third-order valence-electron chi connectivity index (χ3n) is 2.60. The molecule has 1 N–H and O–H groups in total. The quantitative estimate of drug-likeness (QED) is 0.653. The summed E-state index contributed by atoms with van der Waals surface area (Å²) in [6.07, 6.45) is 0.958. The molecule has 1 amide bonds. The Balaban J connectivity index is 4.03. The largest absolute Gasteiger partial charge is 0.342 e. The van der Waals surface area contributed by atoms with Crippen molar-refractivity contribution in [3.63, 3.8) is 0 Å². The van der Waals surface area contributed by atoms with Crippen LogP contribution >= 0.6 is 0 Å². The maximum Gasteiger partial charge on any atom is 0.239 e. The van der Waals surface area contributed by atoms with E-state index in [4.69, 9.17) is 0 Å². The number of likely N-dealkylation sites (N-methyl/N-ethyl adjacent to an activating group) is 1. The zero-order valence-corrected chi connectivity index (χ0v) is 10.5. The molecule has 0 saturated heterocycles. The molecule has 0 rings (SSSR count). The number of amides is 1. The predicted octanol–water partition coefficient (Wildman–Crippen LogP) is 1.80. The lowest BCUT2D eigenvalue weighted by atomic mass is 10.2. The molecule has 0 aromatic heterocycles. The van der Waals surface area contributed by atoms with Gasteiger partial charge in [0.2, 0.25) is 5.91 Å². The number of carbonyl (C=O) groups excluding carboxylic acids is 1. The Kier molecular flexibility index (Phi) is 7.05. The van der Waals surface area contributed by atoms with Gasteiger partial charge in [0.15, 0.2) is 0 Å². The maximum absolute atomic E-state index is 11.8. The predicted molar refractivity (Wildman–Crippen MR) is 64.8 cm³/mol. The summed E-state index contributed by atoms with van der Waals surface area (Å²) in [6, 6.07) is -0.117. The molecule has 15 heavy (non-hydrogen) atoms. The summed E-state index contributed by atoms with van der Waals surface area (Å²) in [5, 5.41) is 3.19. The number of rotatable bonds is 7. The fourth-order valence-corrected chi connectivity index (χ4v) is 1.32. The summed E-state index contributed by atoms with van der Waals surface area (Å²) >= 11 is 0. The van der Waals surface area contributed by atoms with Gasteiger partial charge in [0, 0.05) is 19.6 Å². The molecule has 3 nitrogen and oxygen atoms in total. The van der Waals surface area contributed by atoms with Gasteiger partial charge in [-0.05, 0) is 27.2 Å². The monoisotopic (exact) mass is 212 g/mol. The third kappa shape index (κ3) is 4.98. The van der Waals surface area contributed by atoms with Crippen LogP contribution in [0.4, 0.5) is 0 Å². The standard InChI is InChI=1S/C12H24N2O/c1-6-10(4)9-13-11(5)12(15)14(7-2)8-3/h11,13H,4,6-9H2,1-3,5H3. The van der Waals surface area contributed by atoms with Crippen LogP contribution in [0.25, 0.3) is 0 Å². The SMILES string of the molecule is C=C(CC)CNC(C)C(=O)N(CC)CC. The second-order valence-corrected chi connectivity index (χ2v) is 3.72. The summed E-state index contributed by atoms with van der Waals surface area (Å²) in [4.78, 5) is 13.7. The van der Waals surface area contributed by atoms with Gasteiger partial charge < -0.3 is 10.2 Å². The lowest BCUT2D eigenvalue weighted by Crippen LogP contribution is -2.45. The van der Waals surface area contributed by atoms with Crippen LogP contribution < -0.4 is 5.32 Å². The first-order valence-corrected chi connectivity index (χ1v) is 5.75. The van der Waals surface area contributed by atoms with E-state index in [2.05, 4.69) is 18.8 Å². The van der Waals surface area contributed by atoms with Crippen LogP contribution in [0.15, 0.2) is 12.2 Å². The van der Waals surface area contributed by atoms with Gasteiger partial charge in [0.1, 0.15) is 0 Å². The van der Waals surface area contributed by atoms with Crippen molar-refractivity contribution in [2.75, 3.05) is 19.6 Å². The van der Waals surface area contributed by atoms with Gasteiger partial charge in [-0.2, -0.15) is 0 Å². The average molecular weight is 212 g/mol. The van der Waals surface area contributed by atoms with E-state index in [1.54, 1.807) is 0 Å². The zero-order valence-electron chi connectivity index (χ0n) is 10.5. The van der Waals surface area contributed by atoms with Gasteiger partial charge in [-0.3, -0.25) is 4.79 Å². The number of hydrogen-bond donors (Lipinski definition) is 1. The third-order valence-corrected chi connectivity index (χ3v) is 2.60. The highest BCUT2D eigenvalue weighted by Crippen LogP contribution is 1.98. The second kappa shape index (κ2) is 7.46. The number of nitrogens with one attached hydrogen (secondary N) is 1. The first-order valence-electron chi connectivity index (χ1n) is 5.75. The summed E-state index contributed by atoms with van der Waals surface area (Å²) < 4.78 is 0. The molecule has 0 aliphatic carbocycles. The number of carbonyl (C=O) groups is 1. The Morgan fingerprint density at radius 3 is 2.27 bits per heavy atom. The van der Waals surface area contributed by atoms with E-state index in [0.29, 0.717) is 0 Å². The minimum Gasteiger partial charge on any atom is -0.342 e. The maximum atomic E-state index is 11.8. The normalized spacial score (nSPS) is 12.3. The Bertz CT molecular complexity index is 210. The first kappa shape index (κ1) is 14.2. The first-order chi connectivity index (χ1) is 7.06. The summed E-state index contributed by atoms with van der Waals surface area (Å²) in [7, 11) is 0. The average Bonchev–Trinajstić information content (AvgIpc) is 2.26. The van der Waals surface area contributed by atoms with E-state index < -0.39 is 0 Å². The van der Waals surface area contributed by atoms with Crippen molar-refractivity contribution in [3.8, 4) is 0 Å². The van der Waals surface area contributed by atoms with Crippen LogP contribution in [0.5, 0.6) is 0 Å². The summed E-state index contributed by atoms with van der Waals surface area (Å²) in [5.74, 6) is 0.170. The number of hydrogen-bond acceptors (Lipinski definition) is 2. The fourth-order valence-electron chi connectivity index (χ4n) is 1.32. The smallest absolute Gasteiger partial charge is 0.239 e. The van der Waals surface area contributed by atoms with Crippen LogP contribution in [0, 0.1) is 0 Å². The molecule has 0 radical (unpaired) electrons. The van der Waals surface area contributed by atoms with E-state index in [9.17, 15) is 4.79 Å². The molecule has 0 heterocycles. The Morgan fingerprint density at radius 1 is 1.33 bits per heavy atom. The highest BCUT2D eigenvalue weighted by Gasteiger charge is 2.16. The van der Waals surface area contributed by atoms with Crippen molar-refractivity contribution in [3.05, 3.63) is 12.2 Å². The molecule has 0 aromatic rings. The molecule has 0 spiro atoms. The van der Waals surface area contributed by atoms with Crippen LogP contribution in [-0.2, 0) is 4.79 Å².